The van der Waals surface area contributed by atoms with Crippen LogP contribution in [0.4, 0.5) is 5.82 Å². The predicted molar refractivity (Wildman–Crippen MR) is 135 cm³/mol. The lowest BCUT2D eigenvalue weighted by molar-refractivity contribution is 0.163. The van der Waals surface area contributed by atoms with E-state index in [1.165, 1.54) is 0 Å². The molecule has 0 atom stereocenters. The molecule has 0 unspecified atom stereocenters. The van der Waals surface area contributed by atoms with Crippen molar-refractivity contribution in [1.82, 2.24) is 19.5 Å². The molecule has 2 aromatic rings. The lowest BCUT2D eigenvalue weighted by Crippen LogP contribution is -2.44. The Labute approximate surface area is 194 Å². The molecule has 2 aromatic heterocycles. The molecule has 176 valence electrons. The summed E-state index contributed by atoms with van der Waals surface area (Å²) in [6, 6.07) is -0.0658. The molecule has 0 aliphatic rings. The van der Waals surface area contributed by atoms with Crippen molar-refractivity contribution in [2.75, 3.05) is 25.6 Å². The molecule has 0 spiro atoms. The number of anilines is 1. The molecule has 0 bridgehead atoms. The van der Waals surface area contributed by atoms with Crippen molar-refractivity contribution in [3.8, 4) is 0 Å². The molecule has 0 aromatic carbocycles. The summed E-state index contributed by atoms with van der Waals surface area (Å²) >= 11 is 6.20. The number of hydrogen-bond donors (Lipinski definition) is 1. The molecule has 0 saturated heterocycles. The summed E-state index contributed by atoms with van der Waals surface area (Å²) in [4.78, 5) is 13.3. The minimum Gasteiger partial charge on any atom is -0.415 e. The molecule has 7 nitrogen and oxygen atoms in total. The monoisotopic (exact) mass is 485 g/mol. The van der Waals surface area contributed by atoms with Crippen LogP contribution in [0.15, 0.2) is 6.33 Å². The molecule has 31 heavy (non-hydrogen) atoms. The largest absolute Gasteiger partial charge is 0.415 e. The second-order valence-corrected chi connectivity index (χ2v) is 21.2. The van der Waals surface area contributed by atoms with E-state index in [0.29, 0.717) is 30.2 Å². The van der Waals surface area contributed by atoms with E-state index in [-0.39, 0.29) is 21.4 Å². The SMILES string of the molecule is CNc1nc(Cl)nc2c1ncn2C(CO[Si](C)(C)C(C)(C)C)CO[Si](C)(C)C(C)(C)C. The number of halogens is 1. The molecule has 2 heterocycles. The maximum absolute atomic E-state index is 6.60. The van der Waals surface area contributed by atoms with Gasteiger partial charge >= 0.3 is 0 Å². The Kier molecular flexibility index (Phi) is 7.70. The van der Waals surface area contributed by atoms with Crippen LogP contribution < -0.4 is 5.32 Å². The zero-order valence-electron chi connectivity index (χ0n) is 21.1. The van der Waals surface area contributed by atoms with Gasteiger partial charge in [0.1, 0.15) is 0 Å². The van der Waals surface area contributed by atoms with Gasteiger partial charge in [-0.3, -0.25) is 0 Å². The number of aromatic nitrogens is 4. The maximum atomic E-state index is 6.60. The van der Waals surface area contributed by atoms with Crippen LogP contribution in [-0.4, -0.2) is 56.4 Å². The van der Waals surface area contributed by atoms with E-state index in [0.717, 1.165) is 0 Å². The van der Waals surface area contributed by atoms with Gasteiger partial charge in [-0.2, -0.15) is 9.97 Å². The number of nitrogens with zero attached hydrogens (tertiary/aromatic N) is 4. The van der Waals surface area contributed by atoms with Crippen molar-refractivity contribution in [2.45, 2.75) is 83.8 Å². The van der Waals surface area contributed by atoms with Gasteiger partial charge in [0.25, 0.3) is 0 Å². The summed E-state index contributed by atoms with van der Waals surface area (Å²) in [5.41, 5.74) is 1.38. The smallest absolute Gasteiger partial charge is 0.226 e. The maximum Gasteiger partial charge on any atom is 0.226 e. The van der Waals surface area contributed by atoms with Crippen molar-refractivity contribution in [2.24, 2.45) is 0 Å². The normalized spacial score (nSPS) is 14.0. The van der Waals surface area contributed by atoms with Gasteiger partial charge in [0.15, 0.2) is 33.6 Å². The zero-order valence-corrected chi connectivity index (χ0v) is 23.8. The Balaban J connectivity index is 2.43. The highest BCUT2D eigenvalue weighted by Crippen LogP contribution is 2.39. The topological polar surface area (TPSA) is 74.1 Å². The van der Waals surface area contributed by atoms with E-state index in [2.05, 4.69) is 88.0 Å². The molecule has 0 radical (unpaired) electrons. The van der Waals surface area contributed by atoms with Gasteiger partial charge in [0.05, 0.1) is 25.6 Å². The Morgan fingerprint density at radius 1 is 0.968 bits per heavy atom. The van der Waals surface area contributed by atoms with E-state index >= 15 is 0 Å². The summed E-state index contributed by atoms with van der Waals surface area (Å²) in [6.07, 6.45) is 1.80. The van der Waals surface area contributed by atoms with Crippen LogP contribution in [0, 0.1) is 0 Å². The Morgan fingerprint density at radius 2 is 1.45 bits per heavy atom. The minimum atomic E-state index is -1.94. The van der Waals surface area contributed by atoms with Gasteiger partial charge in [0, 0.05) is 7.05 Å². The van der Waals surface area contributed by atoms with Crippen LogP contribution in [-0.2, 0) is 8.85 Å². The first-order chi connectivity index (χ1) is 14.0. The third-order valence-electron chi connectivity index (χ3n) is 6.91. The number of fused-ring (bicyclic) bond motifs is 1. The van der Waals surface area contributed by atoms with Crippen LogP contribution in [0.3, 0.4) is 0 Å². The van der Waals surface area contributed by atoms with Gasteiger partial charge < -0.3 is 18.7 Å². The van der Waals surface area contributed by atoms with Crippen LogP contribution in [0.2, 0.25) is 41.5 Å². The summed E-state index contributed by atoms with van der Waals surface area (Å²) in [6.45, 7) is 23.6. The highest BCUT2D eigenvalue weighted by Gasteiger charge is 2.40. The van der Waals surface area contributed by atoms with E-state index in [1.54, 1.807) is 13.4 Å². The summed E-state index contributed by atoms with van der Waals surface area (Å²) in [5.74, 6) is 0.614. The summed E-state index contributed by atoms with van der Waals surface area (Å²) in [5, 5.41) is 3.49. The number of hydrogen-bond acceptors (Lipinski definition) is 6. The average molecular weight is 486 g/mol. The standard InChI is InChI=1S/C21H40ClN5O2Si2/c1-20(2,3)30(8,9)28-12-15(13-29-31(10,11)21(4,5)6)27-14-24-16-17(23-7)25-19(22)26-18(16)27/h14-15H,12-13H2,1-11H3,(H,23,25,26). The number of nitrogens with one attached hydrogen (secondary N) is 1. The van der Waals surface area contributed by atoms with E-state index in [1.807, 2.05) is 4.57 Å². The van der Waals surface area contributed by atoms with Crippen LogP contribution in [0.5, 0.6) is 0 Å². The number of rotatable bonds is 8. The van der Waals surface area contributed by atoms with E-state index in [9.17, 15) is 0 Å². The third-order valence-corrected chi connectivity index (χ3v) is 16.1. The zero-order chi connectivity index (χ0) is 23.8. The average Bonchev–Trinajstić information content (AvgIpc) is 3.02. The van der Waals surface area contributed by atoms with E-state index < -0.39 is 16.6 Å². The number of imidazole rings is 1. The molecule has 1 N–H and O–H groups in total. The van der Waals surface area contributed by atoms with Crippen molar-refractivity contribution in [1.29, 1.82) is 0 Å². The highest BCUT2D eigenvalue weighted by atomic mass is 35.5. The van der Waals surface area contributed by atoms with Gasteiger partial charge in [-0.1, -0.05) is 41.5 Å². The van der Waals surface area contributed by atoms with Crippen molar-refractivity contribution >= 4 is 45.2 Å². The second kappa shape index (κ2) is 9.09. The van der Waals surface area contributed by atoms with Gasteiger partial charge in [-0.05, 0) is 47.9 Å². The van der Waals surface area contributed by atoms with E-state index in [4.69, 9.17) is 20.5 Å². The minimum absolute atomic E-state index is 0.0658. The van der Waals surface area contributed by atoms with Crippen LogP contribution in [0.25, 0.3) is 11.2 Å². The first-order valence-electron chi connectivity index (χ1n) is 10.9. The molecular formula is C21H40ClN5O2Si2. The van der Waals surface area contributed by atoms with Crippen LogP contribution >= 0.6 is 11.6 Å². The predicted octanol–water partition coefficient (Wildman–Crippen LogP) is 6.11. The first-order valence-corrected chi connectivity index (χ1v) is 17.1. The Bertz CT molecular complexity index is 874. The molecule has 2 rings (SSSR count). The molecular weight excluding hydrogens is 446 g/mol. The molecule has 0 fully saturated rings. The Hall–Kier alpha value is -1.01. The molecule has 0 amide bonds. The summed E-state index contributed by atoms with van der Waals surface area (Å²) in [7, 11) is -2.07. The quantitative estimate of drug-likeness (QED) is 0.359. The molecule has 10 heteroatoms. The lowest BCUT2D eigenvalue weighted by atomic mass is 10.2. The fourth-order valence-electron chi connectivity index (χ4n) is 2.58. The van der Waals surface area contributed by atoms with Gasteiger partial charge in [-0.25, -0.2) is 4.98 Å². The Morgan fingerprint density at radius 3 is 1.87 bits per heavy atom. The van der Waals surface area contributed by atoms with Crippen molar-refractivity contribution in [3.05, 3.63) is 11.6 Å². The van der Waals surface area contributed by atoms with Crippen molar-refractivity contribution < 1.29 is 8.85 Å². The fraction of sp³-hybridized carbons (Fsp3) is 0.762. The highest BCUT2D eigenvalue weighted by molar-refractivity contribution is 6.74. The second-order valence-electron chi connectivity index (χ2n) is 11.2. The molecule has 0 aliphatic carbocycles. The van der Waals surface area contributed by atoms with Gasteiger partial charge in [0.2, 0.25) is 5.28 Å². The molecule has 0 saturated carbocycles. The fourth-order valence-corrected chi connectivity index (χ4v) is 4.83. The molecule has 0 aliphatic heterocycles. The summed E-state index contributed by atoms with van der Waals surface area (Å²) < 4.78 is 15.2. The third kappa shape index (κ3) is 5.87. The van der Waals surface area contributed by atoms with Crippen LogP contribution in [0.1, 0.15) is 47.6 Å². The van der Waals surface area contributed by atoms with Gasteiger partial charge in [-0.15, -0.1) is 0 Å². The first kappa shape index (κ1) is 26.2. The van der Waals surface area contributed by atoms with Crippen molar-refractivity contribution in [3.63, 3.8) is 0 Å². The lowest BCUT2D eigenvalue weighted by Gasteiger charge is -2.39.